The number of nitrogens with two attached hydrogens (primary N) is 7. The minimum absolute atomic E-state index is 0.0141. The third kappa shape index (κ3) is 34.9. The van der Waals surface area contributed by atoms with E-state index in [1.54, 1.807) is 6.92 Å². The smallest absolute Gasteiger partial charge is 0.217 e. The molecule has 10 rings (SSSR count). The Hall–Kier alpha value is -2.97. The van der Waals surface area contributed by atoms with E-state index in [4.69, 9.17) is 156 Å². The second-order valence-electron chi connectivity index (χ2n) is 31.8. The van der Waals surface area contributed by atoms with Crippen LogP contribution in [0.5, 0.6) is 0 Å². The molecular formula is C73H146N8O55. The van der Waals surface area contributed by atoms with E-state index in [1.807, 2.05) is 0 Å². The minimum atomic E-state index is -1.95. The van der Waals surface area contributed by atoms with Gasteiger partial charge in [0.15, 0.2) is 69.2 Å². The summed E-state index contributed by atoms with van der Waals surface area (Å²) in [7, 11) is 0. The van der Waals surface area contributed by atoms with Crippen LogP contribution in [0.4, 0.5) is 0 Å². The van der Waals surface area contributed by atoms with Gasteiger partial charge in [-0.3, -0.25) is 4.79 Å². The van der Waals surface area contributed by atoms with E-state index in [0.29, 0.717) is 6.54 Å². The predicted octanol–water partition coefficient (Wildman–Crippen LogP) is -28.1. The zero-order chi connectivity index (χ0) is 103. The highest BCUT2D eigenvalue weighted by Crippen LogP contribution is 2.35. The van der Waals surface area contributed by atoms with Crippen molar-refractivity contribution in [2.75, 3.05) is 132 Å². The number of hydrogen-bond acceptors (Lipinski definition) is 62. The van der Waals surface area contributed by atoms with Crippen LogP contribution in [-0.2, 0) is 94.8 Å². The molecule has 0 aromatic heterocycles. The van der Waals surface area contributed by atoms with Gasteiger partial charge in [0.1, 0.15) is 226 Å². The number of nitrogens with one attached hydrogen (secondary N) is 1. The highest BCUT2D eigenvalue weighted by molar-refractivity contribution is 5.73. The highest BCUT2D eigenvalue weighted by atomic mass is 16.8. The molecular weight excluding hydrogens is 1870 g/mol. The van der Waals surface area contributed by atoms with Crippen molar-refractivity contribution in [3.8, 4) is 0 Å². The molecule has 50 atom stereocenters. The molecule has 0 aliphatic carbocycles. The molecule has 1 unspecified atom stereocenters. The topological polar surface area (TPSA) is 1090 Å². The Kier molecular flexibility index (Phi) is 57.8. The molecule has 10 aliphatic rings. The van der Waals surface area contributed by atoms with Crippen molar-refractivity contribution in [3.63, 3.8) is 0 Å². The maximum Gasteiger partial charge on any atom is 0.217 e. The number of aliphatic hydroxyl groups is 35. The monoisotopic (exact) mass is 2010 g/mol. The maximum absolute atomic E-state index is 11.0. The van der Waals surface area contributed by atoms with E-state index in [9.17, 15) is 158 Å². The molecule has 10 saturated heterocycles. The Balaban J connectivity index is 0.000000344. The van der Waals surface area contributed by atoms with Gasteiger partial charge in [0.2, 0.25) is 5.91 Å². The summed E-state index contributed by atoms with van der Waals surface area (Å²) in [5.74, 6) is -0.390. The lowest BCUT2D eigenvalue weighted by molar-refractivity contribution is -0.381. The Morgan fingerprint density at radius 3 is 0.890 bits per heavy atom. The third-order valence-electron chi connectivity index (χ3n) is 21.8. The first kappa shape index (κ1) is 125. The van der Waals surface area contributed by atoms with Crippen LogP contribution in [0.2, 0.25) is 0 Å². The fraction of sp³-hybridized carbons (Fsp3) is 0.986. The normalized spacial score (nSPS) is 45.2. The molecule has 1 amide bonds. The Morgan fingerprint density at radius 1 is 0.250 bits per heavy atom. The van der Waals surface area contributed by atoms with Crippen molar-refractivity contribution >= 4 is 5.91 Å². The van der Waals surface area contributed by atoms with Crippen molar-refractivity contribution in [2.45, 2.75) is 321 Å². The van der Waals surface area contributed by atoms with Gasteiger partial charge in [-0.1, -0.05) is 0 Å². The molecule has 63 nitrogen and oxygen atoms in total. The fourth-order valence-electron chi connectivity index (χ4n) is 13.9. The van der Waals surface area contributed by atoms with Crippen LogP contribution in [0, 0.1) is 0 Å². The summed E-state index contributed by atoms with van der Waals surface area (Å²) in [6.45, 7) is 0.344. The molecule has 10 fully saturated rings. The number of amides is 1. The van der Waals surface area contributed by atoms with Crippen molar-refractivity contribution in [1.82, 2.24) is 5.32 Å². The zero-order valence-electron chi connectivity index (χ0n) is 73.9. The van der Waals surface area contributed by atoms with Gasteiger partial charge >= 0.3 is 0 Å². The lowest BCUT2D eigenvalue weighted by Crippen LogP contribution is -2.65. The average Bonchev–Trinajstić information content (AvgIpc) is 0.783. The van der Waals surface area contributed by atoms with E-state index in [-0.39, 0.29) is 72.4 Å². The van der Waals surface area contributed by atoms with E-state index >= 15 is 0 Å². The standard InChI is InChI=1S/C19H35NO16.C14H27NO11.C10H20N2O6.2C8H17NO6.C8H17NO5.C6H13NO5/c20-1-2-31-18-14(29)15(35-19-13(28)10(25)11(26)16(30)36-19)8(23)6(34-18)4-32-17-12(27)9(24)7(22)5(3-21)33-17;15-1-2-23-14-12(10(21)8(19)6(4-17)25-14)26-13-11(22)9(20)7(18)5(3-16)24-13;1-5(14)12-7-9(16)8(15)6(4-13)18-10(7)17-3-2-11;2*9-1-2-14-8-7(13)6(12)5(11)4(3-10)15-8;1-4-5(10)6(11)7(12)8(14-4)13-3-2-9;7-3-5(10)4(9)2(1-8)12-6(3)11/h5-19,21-30H,1-4,20H2;5-14,16-22H,1-4,15H2;6-10,13,15-16H,2-4,11H2,1H3,(H,12,14);2*4-8,10-13H,1-3,9H2;4-8,10-12H,2-3,9H2,1H3;2-6,8-11H,1,7H2/t5-,6-,7-,8-,9+,10+,11+,12+,13+,14+,15+,16+,17+,18+,19+;5-,6-,7-,8-,9+,10+,11+,12+,13-,14+;6-,7-,8-,9-,10-;4-,5-,6+,7+,8+;4-,5-,6+,7-,8+;4-,5+,6+,7-,8-;2-,3-,4-,5-,6?/m1111101/s1. The Morgan fingerprint density at radius 2 is 0.515 bits per heavy atom. The summed E-state index contributed by atoms with van der Waals surface area (Å²) in [5.41, 5.74) is 36.9. The number of ether oxygens (including phenoxy) is 19. The van der Waals surface area contributed by atoms with Gasteiger partial charge in [-0.05, 0) is 6.92 Å². The maximum atomic E-state index is 11.0. The van der Waals surface area contributed by atoms with Crippen LogP contribution in [0.15, 0.2) is 0 Å². The van der Waals surface area contributed by atoms with E-state index < -0.39 is 366 Å². The number of carbonyl (C=O) groups is 1. The fourth-order valence-corrected chi connectivity index (χ4v) is 13.9. The van der Waals surface area contributed by atoms with Crippen LogP contribution in [0.25, 0.3) is 0 Å². The summed E-state index contributed by atoms with van der Waals surface area (Å²) in [4.78, 5) is 11.0. The van der Waals surface area contributed by atoms with Gasteiger partial charge in [-0.15, -0.1) is 0 Å². The van der Waals surface area contributed by atoms with E-state index in [0.717, 1.165) is 0 Å². The highest BCUT2D eigenvalue weighted by Gasteiger charge is 2.56. The largest absolute Gasteiger partial charge is 0.394 e. The van der Waals surface area contributed by atoms with Crippen LogP contribution >= 0.6 is 0 Å². The van der Waals surface area contributed by atoms with Crippen LogP contribution in [0.3, 0.4) is 0 Å². The number of rotatable bonds is 33. The van der Waals surface area contributed by atoms with Gasteiger partial charge in [0.25, 0.3) is 0 Å². The molecule has 808 valence electrons. The van der Waals surface area contributed by atoms with Gasteiger partial charge in [-0.25, -0.2) is 0 Å². The summed E-state index contributed by atoms with van der Waals surface area (Å²) >= 11 is 0. The van der Waals surface area contributed by atoms with Gasteiger partial charge in [-0.2, -0.15) is 0 Å². The Labute approximate surface area is 775 Å². The van der Waals surface area contributed by atoms with Gasteiger partial charge in [0, 0.05) is 46.2 Å². The summed E-state index contributed by atoms with van der Waals surface area (Å²) < 4.78 is 98.8. The molecule has 136 heavy (non-hydrogen) atoms. The summed E-state index contributed by atoms with van der Waals surface area (Å²) in [6.07, 6.45) is -66.4. The van der Waals surface area contributed by atoms with Crippen LogP contribution in [0.1, 0.15) is 13.8 Å². The van der Waals surface area contributed by atoms with E-state index in [2.05, 4.69) is 5.32 Å². The van der Waals surface area contributed by atoms with Crippen molar-refractivity contribution in [1.29, 1.82) is 0 Å². The van der Waals surface area contributed by atoms with E-state index in [1.165, 1.54) is 6.92 Å². The minimum Gasteiger partial charge on any atom is -0.394 e. The third-order valence-corrected chi connectivity index (χ3v) is 21.8. The molecule has 0 spiro atoms. The molecule has 0 radical (unpaired) electrons. The molecule has 63 heteroatoms. The first-order valence-electron chi connectivity index (χ1n) is 43.0. The Bertz CT molecular complexity index is 3100. The van der Waals surface area contributed by atoms with Crippen LogP contribution < -0.4 is 45.5 Å². The molecule has 0 bridgehead atoms. The molecule has 0 aromatic carbocycles. The lowest BCUT2D eigenvalue weighted by atomic mass is 9.97. The van der Waals surface area contributed by atoms with Crippen molar-refractivity contribution in [2.24, 2.45) is 40.1 Å². The number of hydrogen-bond donors (Lipinski definition) is 43. The molecule has 0 saturated carbocycles. The first-order valence-corrected chi connectivity index (χ1v) is 43.0. The average molecular weight is 2020 g/mol. The van der Waals surface area contributed by atoms with Crippen molar-refractivity contribution in [3.05, 3.63) is 0 Å². The predicted molar refractivity (Wildman–Crippen MR) is 434 cm³/mol. The zero-order valence-corrected chi connectivity index (χ0v) is 73.9. The molecule has 10 heterocycles. The number of carbonyl (C=O) groups excluding carboxylic acids is 1. The molecule has 10 aliphatic heterocycles. The summed E-state index contributed by atoms with van der Waals surface area (Å²) in [5, 5.41) is 338. The first-order chi connectivity index (χ1) is 64.2. The SMILES string of the molecule is CC(=O)N[C@H]1[C@H](OCCN)O[C@H](CO)[C@@H](O)[C@@H]1O.C[C@@H]1O[C@H](OCCN)[C@@H](O)[C@H](O)[C@@H]1O.NCCO[C@H]1O[C@H](CO)[C@@H](O)[C@H](O)[C@@H]1O.NCCO[C@H]1O[C@H](CO)[C@@H](O)[C@H](O)[C@@H]1O[C@H]1O[C@H](CO)[C@@H](O)[C@H](O)[C@@H]1O.NCCO[C@H]1O[C@H](CO)[C@@H](O)[C@H](O)[C@H]1O.NCCO[C@H]1O[C@H](CO[C@H]2O[C@H](CO)[C@@H](O)[C@H](O)[C@@H]2O)[C@@H](O)[C@H](O[C@H]2O[C@H](O)[C@@H](O)[C@H](O)[C@@H]2O)[C@@H]1O.N[C@H]1C(O)O[C@H](CO)[C@@H](O)[C@@H]1O. The lowest BCUT2D eigenvalue weighted by Gasteiger charge is -2.46. The van der Waals surface area contributed by atoms with Gasteiger partial charge < -0.3 is 314 Å². The van der Waals surface area contributed by atoms with Gasteiger partial charge in [0.05, 0.1) is 105 Å². The molecule has 50 N–H and O–H groups in total. The number of aliphatic hydroxyl groups excluding tert-OH is 35. The quantitative estimate of drug-likeness (QED) is 0.0290. The van der Waals surface area contributed by atoms with Crippen molar-refractivity contribution < 1.29 is 274 Å². The second-order valence-corrected chi connectivity index (χ2v) is 31.8. The second kappa shape index (κ2) is 62.8. The molecule has 0 aromatic rings. The summed E-state index contributed by atoms with van der Waals surface area (Å²) in [6, 6.07) is -1.95. The van der Waals surface area contributed by atoms with Crippen LogP contribution in [-0.4, -0.2) is 624 Å².